The Bertz CT molecular complexity index is 192. The zero-order valence-corrected chi connectivity index (χ0v) is 19.9. The van der Waals surface area contributed by atoms with Crippen molar-refractivity contribution in [3.8, 4) is 0 Å². The second kappa shape index (κ2) is 28.1. The molecular formula is C25H56N2. The van der Waals surface area contributed by atoms with E-state index in [1.807, 2.05) is 0 Å². The van der Waals surface area contributed by atoms with Gasteiger partial charge < -0.3 is 10.6 Å². The van der Waals surface area contributed by atoms with Crippen molar-refractivity contribution in [2.45, 2.75) is 136 Å². The van der Waals surface area contributed by atoms with Crippen LogP contribution in [-0.2, 0) is 0 Å². The third-order valence-electron chi connectivity index (χ3n) is 5.48. The molecule has 0 radical (unpaired) electrons. The van der Waals surface area contributed by atoms with Gasteiger partial charge in [-0.3, -0.25) is 0 Å². The molecule has 166 valence electrons. The van der Waals surface area contributed by atoms with Crippen LogP contribution in [0.3, 0.4) is 0 Å². The summed E-state index contributed by atoms with van der Waals surface area (Å²) in [5.74, 6) is 0. The Kier molecular flexibility index (Phi) is 30.3. The Morgan fingerprint density at radius 1 is 0.370 bits per heavy atom. The molecule has 0 aromatic rings. The van der Waals surface area contributed by atoms with E-state index in [2.05, 4.69) is 31.4 Å². The number of unbranched alkanes of at least 4 members (excludes halogenated alkanes) is 15. The van der Waals surface area contributed by atoms with E-state index in [9.17, 15) is 0 Å². The minimum Gasteiger partial charge on any atom is -0.333 e. The summed E-state index contributed by atoms with van der Waals surface area (Å²) < 4.78 is 0. The van der Waals surface area contributed by atoms with E-state index in [-0.39, 0.29) is 0 Å². The Labute approximate surface area is 174 Å². The van der Waals surface area contributed by atoms with Crippen LogP contribution in [0.2, 0.25) is 0 Å². The minimum absolute atomic E-state index is 1.36. The lowest BCUT2D eigenvalue weighted by atomic mass is 10.1. The van der Waals surface area contributed by atoms with Gasteiger partial charge in [-0.05, 0) is 45.9 Å². The summed E-state index contributed by atoms with van der Waals surface area (Å²) in [5, 5.41) is 0. The van der Waals surface area contributed by atoms with E-state index in [0.29, 0.717) is 0 Å². The van der Waals surface area contributed by atoms with Gasteiger partial charge in [0.05, 0.1) is 0 Å². The smallest absolute Gasteiger partial charge is 0.00187 e. The molecule has 0 heterocycles. The lowest BCUT2D eigenvalue weighted by molar-refractivity contribution is 0.254. The van der Waals surface area contributed by atoms with Crippen LogP contribution >= 0.6 is 0 Å². The molecule has 2 nitrogen and oxygen atoms in total. The maximum absolute atomic E-state index is 4.50. The summed E-state index contributed by atoms with van der Waals surface area (Å²) in [4.78, 5) is 2.79. The molecule has 0 rings (SSSR count). The molecule has 0 atom stereocenters. The molecule has 0 aromatic heterocycles. The van der Waals surface area contributed by atoms with E-state index in [1.54, 1.807) is 0 Å². The fourth-order valence-corrected chi connectivity index (χ4v) is 3.68. The third kappa shape index (κ3) is 25.9. The molecule has 0 unspecified atom stereocenters. The molecule has 27 heavy (non-hydrogen) atoms. The van der Waals surface area contributed by atoms with Crippen molar-refractivity contribution >= 4 is 0 Å². The van der Waals surface area contributed by atoms with Crippen LogP contribution in [0.15, 0.2) is 0 Å². The number of rotatable bonds is 21. The Hall–Kier alpha value is -0.0800. The van der Waals surface area contributed by atoms with Crippen molar-refractivity contribution in [2.24, 2.45) is 5.73 Å². The monoisotopic (exact) mass is 384 g/mol. The van der Waals surface area contributed by atoms with Gasteiger partial charge in [-0.15, -0.1) is 0 Å². The molecule has 2 heteroatoms. The normalized spacial score (nSPS) is 10.9. The molecule has 0 fully saturated rings. The topological polar surface area (TPSA) is 29.3 Å². The molecule has 0 aliphatic rings. The molecule has 0 saturated heterocycles. The predicted octanol–water partition coefficient (Wildman–Crippen LogP) is 7.94. The number of hydrogen-bond acceptors (Lipinski definition) is 2. The second-order valence-electron chi connectivity index (χ2n) is 8.14. The molecule has 0 spiro atoms. The van der Waals surface area contributed by atoms with E-state index >= 15 is 0 Å². The third-order valence-corrected chi connectivity index (χ3v) is 5.48. The SMILES string of the molecule is CCCCCCCCN(CCCCCCCC)CCCCCCCC.CN. The highest BCUT2D eigenvalue weighted by Gasteiger charge is 2.05. The van der Waals surface area contributed by atoms with Crippen molar-refractivity contribution < 1.29 is 0 Å². The predicted molar refractivity (Wildman–Crippen MR) is 127 cm³/mol. The highest BCUT2D eigenvalue weighted by atomic mass is 15.1. The summed E-state index contributed by atoms with van der Waals surface area (Å²) >= 11 is 0. The maximum Gasteiger partial charge on any atom is -0.00187 e. The first-order valence-electron chi connectivity index (χ1n) is 12.6. The lowest BCUT2D eigenvalue weighted by Gasteiger charge is -2.22. The van der Waals surface area contributed by atoms with Crippen molar-refractivity contribution in [1.82, 2.24) is 4.90 Å². The standard InChI is InChI=1S/C24H51N.CH5N/c1-4-7-10-13-16-19-22-25(23-20-17-14-11-8-5-2)24-21-18-15-12-9-6-3;1-2/h4-24H2,1-3H3;2H2,1H3. The van der Waals surface area contributed by atoms with E-state index in [1.165, 1.54) is 142 Å². The zero-order chi connectivity index (χ0) is 20.4. The molecule has 0 aliphatic heterocycles. The highest BCUT2D eigenvalue weighted by molar-refractivity contribution is 4.60. The summed E-state index contributed by atoms with van der Waals surface area (Å²) in [6, 6.07) is 0. The van der Waals surface area contributed by atoms with E-state index in [0.717, 1.165) is 0 Å². The highest BCUT2D eigenvalue weighted by Crippen LogP contribution is 2.11. The first-order chi connectivity index (χ1) is 13.3. The van der Waals surface area contributed by atoms with Crippen molar-refractivity contribution in [3.63, 3.8) is 0 Å². The van der Waals surface area contributed by atoms with Gasteiger partial charge in [0.1, 0.15) is 0 Å². The van der Waals surface area contributed by atoms with Crippen LogP contribution in [-0.4, -0.2) is 31.6 Å². The first-order valence-corrected chi connectivity index (χ1v) is 12.6. The average molecular weight is 385 g/mol. The van der Waals surface area contributed by atoms with Gasteiger partial charge in [-0.1, -0.05) is 117 Å². The van der Waals surface area contributed by atoms with E-state index < -0.39 is 0 Å². The molecule has 0 bridgehead atoms. The van der Waals surface area contributed by atoms with Gasteiger partial charge in [0.2, 0.25) is 0 Å². The molecule has 0 aliphatic carbocycles. The van der Waals surface area contributed by atoms with Crippen molar-refractivity contribution in [3.05, 3.63) is 0 Å². The zero-order valence-electron chi connectivity index (χ0n) is 19.9. The number of nitrogens with zero attached hydrogens (tertiary/aromatic N) is 1. The van der Waals surface area contributed by atoms with Crippen LogP contribution in [0.4, 0.5) is 0 Å². The summed E-state index contributed by atoms with van der Waals surface area (Å²) in [6.07, 6.45) is 25.7. The largest absolute Gasteiger partial charge is 0.333 e. The van der Waals surface area contributed by atoms with Crippen molar-refractivity contribution in [1.29, 1.82) is 0 Å². The van der Waals surface area contributed by atoms with Gasteiger partial charge in [-0.2, -0.15) is 0 Å². The van der Waals surface area contributed by atoms with Crippen LogP contribution in [0, 0.1) is 0 Å². The number of hydrogen-bond donors (Lipinski definition) is 1. The van der Waals surface area contributed by atoms with Crippen LogP contribution in [0.5, 0.6) is 0 Å². The quantitative estimate of drug-likeness (QED) is 0.203. The molecular weight excluding hydrogens is 328 g/mol. The minimum atomic E-state index is 1.36. The van der Waals surface area contributed by atoms with Gasteiger partial charge >= 0.3 is 0 Å². The van der Waals surface area contributed by atoms with Crippen LogP contribution < -0.4 is 5.73 Å². The van der Waals surface area contributed by atoms with Crippen molar-refractivity contribution in [2.75, 3.05) is 26.7 Å². The van der Waals surface area contributed by atoms with Gasteiger partial charge in [0.15, 0.2) is 0 Å². The fraction of sp³-hybridized carbons (Fsp3) is 1.00. The fourth-order valence-electron chi connectivity index (χ4n) is 3.68. The average Bonchev–Trinajstić information content (AvgIpc) is 2.70. The van der Waals surface area contributed by atoms with Crippen LogP contribution in [0.1, 0.15) is 136 Å². The van der Waals surface area contributed by atoms with Gasteiger partial charge in [0, 0.05) is 0 Å². The molecule has 0 aromatic carbocycles. The van der Waals surface area contributed by atoms with Crippen LogP contribution in [0.25, 0.3) is 0 Å². The Balaban J connectivity index is 0. The first kappa shape index (κ1) is 29.1. The lowest BCUT2D eigenvalue weighted by Crippen LogP contribution is -2.27. The molecule has 0 amide bonds. The molecule has 0 saturated carbocycles. The second-order valence-corrected chi connectivity index (χ2v) is 8.14. The van der Waals surface area contributed by atoms with E-state index in [4.69, 9.17) is 0 Å². The van der Waals surface area contributed by atoms with Gasteiger partial charge in [-0.25, -0.2) is 0 Å². The summed E-state index contributed by atoms with van der Waals surface area (Å²) in [5.41, 5.74) is 4.50. The Morgan fingerprint density at radius 3 is 0.852 bits per heavy atom. The van der Waals surface area contributed by atoms with Gasteiger partial charge in [0.25, 0.3) is 0 Å². The molecule has 2 N–H and O–H groups in total. The summed E-state index contributed by atoms with van der Waals surface area (Å²) in [7, 11) is 1.50. The Morgan fingerprint density at radius 2 is 0.593 bits per heavy atom. The number of nitrogens with two attached hydrogens (primary N) is 1. The summed E-state index contributed by atoms with van der Waals surface area (Å²) in [6.45, 7) is 11.0. The maximum atomic E-state index is 4.50.